The molecular formula is C24H34O3. The average molecular weight is 371 g/mol. The Hall–Kier alpha value is -1.61. The number of rotatable bonds is 4. The van der Waals surface area contributed by atoms with Gasteiger partial charge in [-0.05, 0) is 61.5 Å². The van der Waals surface area contributed by atoms with E-state index < -0.39 is 5.60 Å². The Balaban J connectivity index is 1.83. The van der Waals surface area contributed by atoms with Gasteiger partial charge in [-0.1, -0.05) is 57.5 Å². The fraction of sp³-hybridized carbons (Fsp3) is 0.625. The summed E-state index contributed by atoms with van der Waals surface area (Å²) in [6, 6.07) is 9.78. The van der Waals surface area contributed by atoms with Crippen LogP contribution in [0.4, 0.5) is 0 Å². The van der Waals surface area contributed by atoms with Gasteiger partial charge in [0.05, 0.1) is 5.60 Å². The second kappa shape index (κ2) is 7.79. The number of carbonyl (C=O) groups excluding carboxylic acids is 1. The molecule has 1 aromatic carbocycles. The number of benzene rings is 1. The molecule has 0 bridgehead atoms. The van der Waals surface area contributed by atoms with Crippen LogP contribution in [0.25, 0.3) is 6.08 Å². The molecule has 0 radical (unpaired) electrons. The summed E-state index contributed by atoms with van der Waals surface area (Å²) in [7, 11) is 0. The van der Waals surface area contributed by atoms with Gasteiger partial charge in [0.25, 0.3) is 0 Å². The van der Waals surface area contributed by atoms with Crippen LogP contribution in [0.2, 0.25) is 0 Å². The van der Waals surface area contributed by atoms with E-state index in [0.717, 1.165) is 37.7 Å². The van der Waals surface area contributed by atoms with Gasteiger partial charge in [0.1, 0.15) is 6.10 Å². The van der Waals surface area contributed by atoms with Gasteiger partial charge in [0, 0.05) is 12.0 Å². The van der Waals surface area contributed by atoms with Crippen LogP contribution in [-0.2, 0) is 9.53 Å². The first-order valence-corrected chi connectivity index (χ1v) is 10.4. The molecule has 2 aliphatic carbocycles. The third kappa shape index (κ3) is 4.29. The number of aliphatic hydroxyl groups is 1. The highest BCUT2D eigenvalue weighted by Gasteiger charge is 2.57. The SMILES string of the molecule is CC(C)C1CCC2(C)CCCC(C)(O)C2C1OC(=O)C=Cc1ccccc1. The third-order valence-corrected chi connectivity index (χ3v) is 6.97. The highest BCUT2D eigenvalue weighted by molar-refractivity contribution is 5.87. The van der Waals surface area contributed by atoms with E-state index in [0.29, 0.717) is 11.8 Å². The number of hydrogen-bond donors (Lipinski definition) is 1. The van der Waals surface area contributed by atoms with E-state index in [9.17, 15) is 9.90 Å². The van der Waals surface area contributed by atoms with Gasteiger partial charge >= 0.3 is 5.97 Å². The molecule has 3 rings (SSSR count). The zero-order valence-corrected chi connectivity index (χ0v) is 17.2. The Kier molecular flexibility index (Phi) is 5.81. The summed E-state index contributed by atoms with van der Waals surface area (Å²) in [5.41, 5.74) is 0.239. The minimum Gasteiger partial charge on any atom is -0.458 e. The van der Waals surface area contributed by atoms with Gasteiger partial charge in [-0.2, -0.15) is 0 Å². The van der Waals surface area contributed by atoms with E-state index in [4.69, 9.17) is 4.74 Å². The summed E-state index contributed by atoms with van der Waals surface area (Å²) in [6.07, 6.45) is 8.18. The lowest BCUT2D eigenvalue weighted by atomic mass is 9.51. The lowest BCUT2D eigenvalue weighted by molar-refractivity contribution is -0.201. The van der Waals surface area contributed by atoms with Crippen LogP contribution in [0, 0.1) is 23.2 Å². The molecular weight excluding hydrogens is 336 g/mol. The number of fused-ring (bicyclic) bond motifs is 1. The largest absolute Gasteiger partial charge is 0.458 e. The van der Waals surface area contributed by atoms with Gasteiger partial charge in [-0.15, -0.1) is 0 Å². The van der Waals surface area contributed by atoms with Crippen LogP contribution >= 0.6 is 0 Å². The van der Waals surface area contributed by atoms with Crippen LogP contribution in [0.15, 0.2) is 36.4 Å². The van der Waals surface area contributed by atoms with Crippen molar-refractivity contribution in [3.8, 4) is 0 Å². The van der Waals surface area contributed by atoms with Gasteiger partial charge in [-0.3, -0.25) is 0 Å². The minimum absolute atomic E-state index is 0.00558. The molecule has 0 aliphatic heterocycles. The maximum absolute atomic E-state index is 12.7. The molecule has 1 N–H and O–H groups in total. The standard InChI is InChI=1S/C24H34O3/c1-17(2)19-13-16-23(3)14-8-15-24(4,26)22(23)21(19)27-20(25)12-11-18-9-6-5-7-10-18/h5-7,9-12,17,19,21-22,26H,8,13-16H2,1-4H3. The van der Waals surface area contributed by atoms with Crippen LogP contribution in [0.3, 0.4) is 0 Å². The molecule has 2 aliphatic rings. The maximum Gasteiger partial charge on any atom is 0.331 e. The second-order valence-corrected chi connectivity index (χ2v) is 9.43. The van der Waals surface area contributed by atoms with Crippen molar-refractivity contribution in [2.75, 3.05) is 0 Å². The molecule has 0 amide bonds. The zero-order valence-electron chi connectivity index (χ0n) is 17.2. The molecule has 0 saturated heterocycles. The van der Waals surface area contributed by atoms with Crippen LogP contribution in [0.5, 0.6) is 0 Å². The predicted octanol–water partition coefficient (Wildman–Crippen LogP) is 5.24. The average Bonchev–Trinajstić information content (AvgIpc) is 2.59. The van der Waals surface area contributed by atoms with Crippen molar-refractivity contribution in [3.05, 3.63) is 42.0 Å². The van der Waals surface area contributed by atoms with Crippen LogP contribution in [0.1, 0.15) is 65.4 Å². The van der Waals surface area contributed by atoms with Crippen LogP contribution in [-0.4, -0.2) is 22.8 Å². The van der Waals surface area contributed by atoms with Crippen LogP contribution < -0.4 is 0 Å². The quantitative estimate of drug-likeness (QED) is 0.583. The van der Waals surface area contributed by atoms with E-state index in [2.05, 4.69) is 20.8 Å². The van der Waals surface area contributed by atoms with E-state index in [1.54, 1.807) is 6.08 Å². The first-order chi connectivity index (χ1) is 12.7. The molecule has 0 spiro atoms. The fourth-order valence-electron chi connectivity index (χ4n) is 5.62. The summed E-state index contributed by atoms with van der Waals surface area (Å²) < 4.78 is 6.07. The Labute approximate surface area is 163 Å². The number of hydrogen-bond acceptors (Lipinski definition) is 3. The summed E-state index contributed by atoms with van der Waals surface area (Å²) in [5, 5.41) is 11.2. The van der Waals surface area contributed by atoms with Crippen molar-refractivity contribution < 1.29 is 14.6 Å². The molecule has 3 nitrogen and oxygen atoms in total. The molecule has 1 aromatic rings. The fourth-order valence-corrected chi connectivity index (χ4v) is 5.62. The van der Waals surface area contributed by atoms with E-state index >= 15 is 0 Å². The summed E-state index contributed by atoms with van der Waals surface area (Å²) >= 11 is 0. The van der Waals surface area contributed by atoms with E-state index in [-0.39, 0.29) is 23.4 Å². The van der Waals surface area contributed by atoms with Crippen molar-refractivity contribution in [3.63, 3.8) is 0 Å². The Morgan fingerprint density at radius 3 is 2.56 bits per heavy atom. The molecule has 2 saturated carbocycles. The lowest BCUT2D eigenvalue weighted by Crippen LogP contribution is -2.59. The summed E-state index contributed by atoms with van der Waals surface area (Å²) in [5.74, 6) is 0.402. The maximum atomic E-state index is 12.7. The monoisotopic (exact) mass is 370 g/mol. The third-order valence-electron chi connectivity index (χ3n) is 6.97. The van der Waals surface area contributed by atoms with E-state index in [1.807, 2.05) is 37.3 Å². The molecule has 148 valence electrons. The minimum atomic E-state index is -0.783. The smallest absolute Gasteiger partial charge is 0.331 e. The predicted molar refractivity (Wildman–Crippen MR) is 109 cm³/mol. The molecule has 0 heterocycles. The molecule has 5 unspecified atom stereocenters. The molecule has 0 aromatic heterocycles. The zero-order chi connectivity index (χ0) is 19.7. The molecule has 5 atom stereocenters. The normalized spacial score (nSPS) is 36.6. The summed E-state index contributed by atoms with van der Waals surface area (Å²) in [4.78, 5) is 12.7. The van der Waals surface area contributed by atoms with Gasteiger partial charge in [0.15, 0.2) is 0 Å². The number of esters is 1. The number of ether oxygens (including phenoxy) is 1. The first-order valence-electron chi connectivity index (χ1n) is 10.4. The highest BCUT2D eigenvalue weighted by atomic mass is 16.5. The lowest BCUT2D eigenvalue weighted by Gasteiger charge is -2.57. The van der Waals surface area contributed by atoms with Gasteiger partial charge < -0.3 is 9.84 Å². The van der Waals surface area contributed by atoms with Crippen molar-refractivity contribution in [1.82, 2.24) is 0 Å². The van der Waals surface area contributed by atoms with Crippen molar-refractivity contribution in [1.29, 1.82) is 0 Å². The van der Waals surface area contributed by atoms with Crippen molar-refractivity contribution in [2.24, 2.45) is 23.2 Å². The number of carbonyl (C=O) groups is 1. The Morgan fingerprint density at radius 1 is 1.19 bits per heavy atom. The van der Waals surface area contributed by atoms with Crippen molar-refractivity contribution >= 4 is 12.0 Å². The topological polar surface area (TPSA) is 46.5 Å². The second-order valence-electron chi connectivity index (χ2n) is 9.43. The Bertz CT molecular complexity index is 676. The highest BCUT2D eigenvalue weighted by Crippen LogP contribution is 2.57. The first kappa shape index (κ1) is 20.1. The summed E-state index contributed by atoms with van der Waals surface area (Å²) in [6.45, 7) is 8.62. The van der Waals surface area contributed by atoms with E-state index in [1.165, 1.54) is 6.08 Å². The van der Waals surface area contributed by atoms with Gasteiger partial charge in [-0.25, -0.2) is 4.79 Å². The molecule has 27 heavy (non-hydrogen) atoms. The van der Waals surface area contributed by atoms with Crippen molar-refractivity contribution in [2.45, 2.75) is 71.5 Å². The Morgan fingerprint density at radius 2 is 1.89 bits per heavy atom. The molecule has 2 fully saturated rings. The molecule has 3 heteroatoms. The van der Waals surface area contributed by atoms with Gasteiger partial charge in [0.2, 0.25) is 0 Å².